The van der Waals surface area contributed by atoms with E-state index in [1.54, 1.807) is 16.8 Å². The highest BCUT2D eigenvalue weighted by Crippen LogP contribution is 2.30. The summed E-state index contributed by atoms with van der Waals surface area (Å²) in [5, 5.41) is 31.7. The molecule has 1 aromatic heterocycles. The highest BCUT2D eigenvalue weighted by atomic mass is 16.5. The SMILES string of the molecule is CCCc1nn(CCO)c(C)c1Oc1cc(C#N)cc(C#N)c1. The first-order valence-electron chi connectivity index (χ1n) is 7.43. The summed E-state index contributed by atoms with van der Waals surface area (Å²) in [5.74, 6) is 1.06. The molecule has 0 saturated carbocycles. The number of ether oxygens (including phenoxy) is 1. The van der Waals surface area contributed by atoms with E-state index in [-0.39, 0.29) is 6.61 Å². The van der Waals surface area contributed by atoms with Gasteiger partial charge in [0.05, 0.1) is 42.1 Å². The van der Waals surface area contributed by atoms with Gasteiger partial charge in [-0.05, 0) is 31.5 Å². The first-order valence-corrected chi connectivity index (χ1v) is 7.43. The van der Waals surface area contributed by atoms with Crippen LogP contribution in [0.1, 0.15) is 35.9 Å². The molecule has 0 amide bonds. The Kier molecular flexibility index (Phi) is 5.35. The van der Waals surface area contributed by atoms with Crippen molar-refractivity contribution < 1.29 is 9.84 Å². The van der Waals surface area contributed by atoms with E-state index >= 15 is 0 Å². The van der Waals surface area contributed by atoms with Crippen LogP contribution in [-0.2, 0) is 13.0 Å². The van der Waals surface area contributed by atoms with E-state index in [9.17, 15) is 0 Å². The molecule has 0 aliphatic rings. The number of nitriles is 2. The van der Waals surface area contributed by atoms with Crippen LogP contribution in [0.5, 0.6) is 11.5 Å². The zero-order valence-electron chi connectivity index (χ0n) is 13.2. The van der Waals surface area contributed by atoms with E-state index in [0.29, 0.717) is 29.2 Å². The molecule has 0 aliphatic carbocycles. The molecule has 2 rings (SSSR count). The van der Waals surface area contributed by atoms with Crippen molar-refractivity contribution in [3.05, 3.63) is 40.7 Å². The van der Waals surface area contributed by atoms with Gasteiger partial charge in [0.25, 0.3) is 0 Å². The summed E-state index contributed by atoms with van der Waals surface area (Å²) >= 11 is 0. The van der Waals surface area contributed by atoms with Crippen LogP contribution < -0.4 is 4.74 Å². The van der Waals surface area contributed by atoms with Crippen LogP contribution in [0.2, 0.25) is 0 Å². The van der Waals surface area contributed by atoms with Crippen molar-refractivity contribution in [3.63, 3.8) is 0 Å². The number of hydrogen-bond acceptors (Lipinski definition) is 5. The Hall–Kier alpha value is -2.83. The van der Waals surface area contributed by atoms with Gasteiger partial charge in [-0.3, -0.25) is 4.68 Å². The van der Waals surface area contributed by atoms with Crippen LogP contribution in [0.25, 0.3) is 0 Å². The van der Waals surface area contributed by atoms with E-state index < -0.39 is 0 Å². The topological polar surface area (TPSA) is 94.9 Å². The first kappa shape index (κ1) is 16.5. The van der Waals surface area contributed by atoms with Crippen LogP contribution in [0, 0.1) is 29.6 Å². The van der Waals surface area contributed by atoms with Crippen LogP contribution in [0.4, 0.5) is 0 Å². The number of rotatable bonds is 6. The Bertz CT molecular complexity index is 749. The van der Waals surface area contributed by atoms with Crippen molar-refractivity contribution >= 4 is 0 Å². The molecule has 118 valence electrons. The zero-order valence-corrected chi connectivity index (χ0v) is 13.2. The summed E-state index contributed by atoms with van der Waals surface area (Å²) in [4.78, 5) is 0. The molecular weight excluding hydrogens is 292 g/mol. The average Bonchev–Trinajstić information content (AvgIpc) is 2.84. The molecule has 6 nitrogen and oxygen atoms in total. The van der Waals surface area contributed by atoms with Gasteiger partial charge in [0.1, 0.15) is 11.4 Å². The maximum atomic E-state index is 9.13. The zero-order chi connectivity index (χ0) is 16.8. The molecule has 1 N–H and O–H groups in total. The van der Waals surface area contributed by atoms with Gasteiger partial charge < -0.3 is 9.84 Å². The summed E-state index contributed by atoms with van der Waals surface area (Å²) in [6.45, 7) is 4.31. The minimum absolute atomic E-state index is 0.00395. The predicted octanol–water partition coefficient (Wildman–Crippen LogP) is 2.67. The molecule has 0 aliphatic heterocycles. The Morgan fingerprint density at radius 2 is 1.87 bits per heavy atom. The largest absolute Gasteiger partial charge is 0.453 e. The maximum Gasteiger partial charge on any atom is 0.171 e. The third kappa shape index (κ3) is 3.68. The summed E-state index contributed by atoms with van der Waals surface area (Å²) in [7, 11) is 0. The lowest BCUT2D eigenvalue weighted by molar-refractivity contribution is 0.267. The first-order chi connectivity index (χ1) is 11.1. The summed E-state index contributed by atoms with van der Waals surface area (Å²) < 4.78 is 7.65. The minimum atomic E-state index is -0.00395. The third-order valence-corrected chi connectivity index (χ3v) is 3.40. The Balaban J connectivity index is 2.43. The minimum Gasteiger partial charge on any atom is -0.453 e. The molecule has 23 heavy (non-hydrogen) atoms. The number of aliphatic hydroxyl groups excluding tert-OH is 1. The van der Waals surface area contributed by atoms with Gasteiger partial charge in [-0.1, -0.05) is 13.3 Å². The standard InChI is InChI=1S/C17H18N4O2/c1-3-4-16-17(12(2)21(20-16)5-6-22)23-15-8-13(10-18)7-14(9-15)11-19/h7-9,22H,3-6H2,1-2H3. The number of aromatic nitrogens is 2. The van der Waals surface area contributed by atoms with Gasteiger partial charge in [-0.25, -0.2) is 0 Å². The van der Waals surface area contributed by atoms with Gasteiger partial charge >= 0.3 is 0 Å². The van der Waals surface area contributed by atoms with Gasteiger partial charge in [-0.15, -0.1) is 0 Å². The number of nitrogens with zero attached hydrogens (tertiary/aromatic N) is 4. The normalized spacial score (nSPS) is 10.1. The number of hydrogen-bond donors (Lipinski definition) is 1. The Morgan fingerprint density at radius 3 is 2.39 bits per heavy atom. The van der Waals surface area contributed by atoms with E-state index in [1.807, 2.05) is 26.0 Å². The Morgan fingerprint density at radius 1 is 1.22 bits per heavy atom. The van der Waals surface area contributed by atoms with E-state index in [1.165, 1.54) is 6.07 Å². The molecule has 0 radical (unpaired) electrons. The number of aryl methyl sites for hydroxylation is 1. The lowest BCUT2D eigenvalue weighted by Gasteiger charge is -2.08. The van der Waals surface area contributed by atoms with Crippen LogP contribution in [0.3, 0.4) is 0 Å². The Labute approximate surface area is 135 Å². The van der Waals surface area contributed by atoms with E-state index in [2.05, 4.69) is 5.10 Å². The molecular formula is C17H18N4O2. The fourth-order valence-corrected chi connectivity index (χ4v) is 2.34. The second-order valence-electron chi connectivity index (χ2n) is 5.13. The van der Waals surface area contributed by atoms with Crippen LogP contribution in [-0.4, -0.2) is 21.5 Å². The van der Waals surface area contributed by atoms with Gasteiger partial charge in [0.15, 0.2) is 5.75 Å². The van der Waals surface area contributed by atoms with Gasteiger partial charge in [-0.2, -0.15) is 15.6 Å². The highest BCUT2D eigenvalue weighted by molar-refractivity contribution is 5.47. The quantitative estimate of drug-likeness (QED) is 0.885. The predicted molar refractivity (Wildman–Crippen MR) is 84.0 cm³/mol. The van der Waals surface area contributed by atoms with Gasteiger partial charge in [0.2, 0.25) is 0 Å². The van der Waals surface area contributed by atoms with Crippen LogP contribution in [0.15, 0.2) is 18.2 Å². The lowest BCUT2D eigenvalue weighted by atomic mass is 10.1. The second kappa shape index (κ2) is 7.44. The number of aliphatic hydroxyl groups is 1. The van der Waals surface area contributed by atoms with E-state index in [0.717, 1.165) is 24.2 Å². The monoisotopic (exact) mass is 310 g/mol. The van der Waals surface area contributed by atoms with Crippen molar-refractivity contribution in [1.82, 2.24) is 9.78 Å². The average molecular weight is 310 g/mol. The van der Waals surface area contributed by atoms with Crippen molar-refractivity contribution in [1.29, 1.82) is 10.5 Å². The summed E-state index contributed by atoms with van der Waals surface area (Å²) in [5.41, 5.74) is 2.36. The molecule has 0 fully saturated rings. The molecule has 6 heteroatoms. The van der Waals surface area contributed by atoms with Crippen molar-refractivity contribution in [2.75, 3.05) is 6.61 Å². The van der Waals surface area contributed by atoms with Crippen molar-refractivity contribution in [3.8, 4) is 23.6 Å². The number of benzene rings is 1. The maximum absolute atomic E-state index is 9.13. The fourth-order valence-electron chi connectivity index (χ4n) is 2.34. The van der Waals surface area contributed by atoms with E-state index in [4.69, 9.17) is 20.4 Å². The molecule has 0 bridgehead atoms. The highest BCUT2D eigenvalue weighted by Gasteiger charge is 2.17. The lowest BCUT2D eigenvalue weighted by Crippen LogP contribution is -2.06. The molecule has 0 saturated heterocycles. The van der Waals surface area contributed by atoms with Gasteiger partial charge in [0, 0.05) is 0 Å². The van der Waals surface area contributed by atoms with Crippen molar-refractivity contribution in [2.45, 2.75) is 33.2 Å². The van der Waals surface area contributed by atoms with Crippen molar-refractivity contribution in [2.24, 2.45) is 0 Å². The molecule has 1 aromatic carbocycles. The van der Waals surface area contributed by atoms with Crippen LogP contribution >= 0.6 is 0 Å². The third-order valence-electron chi connectivity index (χ3n) is 3.40. The second-order valence-corrected chi connectivity index (χ2v) is 5.13. The summed E-state index contributed by atoms with van der Waals surface area (Å²) in [6.07, 6.45) is 1.66. The molecule has 0 atom stereocenters. The molecule has 1 heterocycles. The molecule has 2 aromatic rings. The molecule has 0 spiro atoms. The molecule has 0 unspecified atom stereocenters. The fraction of sp³-hybridized carbons (Fsp3) is 0.353. The smallest absolute Gasteiger partial charge is 0.171 e. The summed E-state index contributed by atoms with van der Waals surface area (Å²) in [6, 6.07) is 8.75.